The molecular weight excluding hydrogens is 380 g/mol. The molecule has 6 heteroatoms. The fourth-order valence-corrected chi connectivity index (χ4v) is 5.26. The lowest BCUT2D eigenvalue weighted by molar-refractivity contribution is -0.121. The number of carbonyl (C=O) groups is 1. The summed E-state index contributed by atoms with van der Waals surface area (Å²) >= 11 is 1.87. The highest BCUT2D eigenvalue weighted by Crippen LogP contribution is 2.35. The number of aryl methyl sites for hydroxylation is 2. The molecule has 0 radical (unpaired) electrons. The highest BCUT2D eigenvalue weighted by molar-refractivity contribution is 7.99. The number of aromatic nitrogens is 3. The highest BCUT2D eigenvalue weighted by atomic mass is 32.2. The van der Waals surface area contributed by atoms with Crippen molar-refractivity contribution >= 4 is 28.7 Å². The summed E-state index contributed by atoms with van der Waals surface area (Å²) in [5.74, 6) is 1.15. The van der Waals surface area contributed by atoms with Crippen molar-refractivity contribution in [1.29, 1.82) is 0 Å². The van der Waals surface area contributed by atoms with E-state index in [4.69, 9.17) is 4.98 Å². The topological polar surface area (TPSA) is 59.8 Å². The lowest BCUT2D eigenvalue weighted by atomic mass is 9.99. The summed E-state index contributed by atoms with van der Waals surface area (Å²) in [6.45, 7) is 8.37. The summed E-state index contributed by atoms with van der Waals surface area (Å²) in [5, 5.41) is 8.84. The second-order valence-corrected chi connectivity index (χ2v) is 9.15. The molecule has 1 atom stereocenters. The minimum Gasteiger partial charge on any atom is -0.349 e. The fraction of sp³-hybridized carbons (Fsp3) is 0.435. The molecule has 0 aliphatic carbocycles. The first-order valence-electron chi connectivity index (χ1n) is 10.3. The molecule has 0 bridgehead atoms. The maximum Gasteiger partial charge on any atom is 0.220 e. The monoisotopic (exact) mass is 408 g/mol. The smallest absolute Gasteiger partial charge is 0.220 e. The third kappa shape index (κ3) is 3.90. The second kappa shape index (κ2) is 8.19. The van der Waals surface area contributed by atoms with Crippen LogP contribution in [0.15, 0.2) is 35.4 Å². The van der Waals surface area contributed by atoms with E-state index in [-0.39, 0.29) is 18.0 Å². The van der Waals surface area contributed by atoms with Gasteiger partial charge in [0, 0.05) is 34.2 Å². The van der Waals surface area contributed by atoms with E-state index in [1.165, 1.54) is 16.0 Å². The van der Waals surface area contributed by atoms with Gasteiger partial charge in [0.2, 0.25) is 5.91 Å². The van der Waals surface area contributed by atoms with Crippen molar-refractivity contribution in [3.8, 4) is 0 Å². The maximum absolute atomic E-state index is 12.7. The van der Waals surface area contributed by atoms with E-state index in [2.05, 4.69) is 55.5 Å². The Morgan fingerprint density at radius 1 is 1.31 bits per heavy atom. The van der Waals surface area contributed by atoms with Crippen LogP contribution in [-0.2, 0) is 11.2 Å². The summed E-state index contributed by atoms with van der Waals surface area (Å²) in [6, 6.07) is 8.77. The number of rotatable bonds is 5. The molecular formula is C23H28N4OS. The first-order chi connectivity index (χ1) is 14.0. The van der Waals surface area contributed by atoms with Gasteiger partial charge in [-0.05, 0) is 63.3 Å². The molecule has 2 aromatic heterocycles. The first-order valence-corrected chi connectivity index (χ1v) is 11.3. The molecule has 1 aliphatic heterocycles. The number of thioether (sulfide) groups is 1. The fourth-order valence-electron chi connectivity index (χ4n) is 4.14. The molecule has 0 spiro atoms. The van der Waals surface area contributed by atoms with E-state index < -0.39 is 0 Å². The average Bonchev–Trinajstić information content (AvgIpc) is 3.12. The first kappa shape index (κ1) is 20.0. The Balaban J connectivity index is 1.48. The number of fused-ring (bicyclic) bond motifs is 2. The van der Waals surface area contributed by atoms with Gasteiger partial charge < -0.3 is 5.32 Å². The Morgan fingerprint density at radius 3 is 2.90 bits per heavy atom. The Hall–Kier alpha value is -2.34. The van der Waals surface area contributed by atoms with Crippen LogP contribution in [0, 0.1) is 13.8 Å². The molecule has 3 aromatic rings. The molecule has 0 unspecified atom stereocenters. The summed E-state index contributed by atoms with van der Waals surface area (Å²) in [6.07, 6.45) is 4.05. The number of nitrogens with one attached hydrogen (secondary N) is 1. The zero-order valence-electron chi connectivity index (χ0n) is 17.5. The minimum atomic E-state index is 0.105. The number of hydrogen-bond donors (Lipinski definition) is 1. The number of pyridine rings is 1. The van der Waals surface area contributed by atoms with Crippen molar-refractivity contribution in [2.24, 2.45) is 0 Å². The number of hydrogen-bond acceptors (Lipinski definition) is 4. The maximum atomic E-state index is 12.7. The Morgan fingerprint density at radius 2 is 2.10 bits per heavy atom. The molecule has 1 amide bonds. The SMILES string of the molecule is Cc1nc2c(cnn2C(C)C)c(C)c1CCC(=O)N[C@H]1CCSc2ccccc21. The largest absolute Gasteiger partial charge is 0.349 e. The summed E-state index contributed by atoms with van der Waals surface area (Å²) in [4.78, 5) is 18.8. The summed E-state index contributed by atoms with van der Waals surface area (Å²) < 4.78 is 1.96. The van der Waals surface area contributed by atoms with Crippen LogP contribution < -0.4 is 5.32 Å². The van der Waals surface area contributed by atoms with E-state index in [1.807, 2.05) is 29.6 Å². The van der Waals surface area contributed by atoms with Crippen LogP contribution in [0.2, 0.25) is 0 Å². The van der Waals surface area contributed by atoms with Gasteiger partial charge >= 0.3 is 0 Å². The Labute approximate surface area is 176 Å². The Kier molecular flexibility index (Phi) is 5.63. The molecule has 1 aromatic carbocycles. The third-order valence-corrected chi connectivity index (χ3v) is 6.84. The predicted molar refractivity (Wildman–Crippen MR) is 118 cm³/mol. The lowest BCUT2D eigenvalue weighted by Crippen LogP contribution is -2.30. The van der Waals surface area contributed by atoms with Crippen molar-refractivity contribution in [2.45, 2.75) is 63.9 Å². The van der Waals surface area contributed by atoms with Gasteiger partial charge in [0.15, 0.2) is 5.65 Å². The number of nitrogens with zero attached hydrogens (tertiary/aromatic N) is 3. The highest BCUT2D eigenvalue weighted by Gasteiger charge is 2.22. The van der Waals surface area contributed by atoms with E-state index in [0.717, 1.165) is 34.5 Å². The van der Waals surface area contributed by atoms with E-state index in [1.54, 1.807) is 0 Å². The van der Waals surface area contributed by atoms with Crippen LogP contribution in [0.3, 0.4) is 0 Å². The molecule has 0 saturated heterocycles. The molecule has 3 heterocycles. The van der Waals surface area contributed by atoms with Gasteiger partial charge in [-0.3, -0.25) is 4.79 Å². The van der Waals surface area contributed by atoms with Crippen molar-refractivity contribution in [2.75, 3.05) is 5.75 Å². The van der Waals surface area contributed by atoms with Crippen molar-refractivity contribution in [3.63, 3.8) is 0 Å². The predicted octanol–water partition coefficient (Wildman–Crippen LogP) is 4.91. The van der Waals surface area contributed by atoms with E-state index >= 15 is 0 Å². The zero-order chi connectivity index (χ0) is 20.5. The van der Waals surface area contributed by atoms with Gasteiger partial charge in [0.05, 0.1) is 12.2 Å². The van der Waals surface area contributed by atoms with Gasteiger partial charge in [-0.25, -0.2) is 9.67 Å². The molecule has 5 nitrogen and oxygen atoms in total. The van der Waals surface area contributed by atoms with Crippen LogP contribution in [0.1, 0.15) is 61.2 Å². The molecule has 152 valence electrons. The Bertz CT molecular complexity index is 1060. The lowest BCUT2D eigenvalue weighted by Gasteiger charge is -2.26. The quantitative estimate of drug-likeness (QED) is 0.651. The van der Waals surface area contributed by atoms with Gasteiger partial charge in [-0.1, -0.05) is 18.2 Å². The number of benzene rings is 1. The normalized spacial score (nSPS) is 16.2. The second-order valence-electron chi connectivity index (χ2n) is 8.02. The van der Waals surface area contributed by atoms with E-state index in [9.17, 15) is 4.79 Å². The average molecular weight is 409 g/mol. The van der Waals surface area contributed by atoms with Gasteiger partial charge in [0.1, 0.15) is 0 Å². The van der Waals surface area contributed by atoms with Gasteiger partial charge in [-0.15, -0.1) is 11.8 Å². The van der Waals surface area contributed by atoms with Crippen molar-refractivity contribution in [3.05, 3.63) is 52.8 Å². The molecule has 4 rings (SSSR count). The third-order valence-electron chi connectivity index (χ3n) is 5.72. The summed E-state index contributed by atoms with van der Waals surface area (Å²) in [5.41, 5.74) is 5.51. The van der Waals surface area contributed by atoms with E-state index in [0.29, 0.717) is 12.8 Å². The van der Waals surface area contributed by atoms with Gasteiger partial charge in [-0.2, -0.15) is 5.10 Å². The van der Waals surface area contributed by atoms with Gasteiger partial charge in [0.25, 0.3) is 0 Å². The van der Waals surface area contributed by atoms with Crippen LogP contribution in [0.5, 0.6) is 0 Å². The minimum absolute atomic E-state index is 0.105. The molecule has 0 saturated carbocycles. The summed E-state index contributed by atoms with van der Waals surface area (Å²) in [7, 11) is 0. The zero-order valence-corrected chi connectivity index (χ0v) is 18.3. The van der Waals surface area contributed by atoms with Crippen LogP contribution in [0.4, 0.5) is 0 Å². The number of amides is 1. The van der Waals surface area contributed by atoms with Crippen LogP contribution >= 0.6 is 11.8 Å². The standard InChI is InChI=1S/C23H28N4OS/c1-14(2)27-23-19(13-24-27)15(3)17(16(4)25-23)9-10-22(28)26-20-11-12-29-21-8-6-5-7-18(20)21/h5-8,13-14,20H,9-12H2,1-4H3,(H,26,28)/t20-/m0/s1. The molecule has 29 heavy (non-hydrogen) atoms. The van der Waals surface area contributed by atoms with Crippen molar-refractivity contribution < 1.29 is 4.79 Å². The molecule has 0 fully saturated rings. The van der Waals surface area contributed by atoms with Crippen molar-refractivity contribution in [1.82, 2.24) is 20.1 Å². The molecule has 1 aliphatic rings. The molecule has 1 N–H and O–H groups in total. The van der Waals surface area contributed by atoms with Crippen LogP contribution in [0.25, 0.3) is 11.0 Å². The number of carbonyl (C=O) groups excluding carboxylic acids is 1. The van der Waals surface area contributed by atoms with Crippen LogP contribution in [-0.4, -0.2) is 26.4 Å².